The number of carbonyl (C=O) groups excluding carboxylic acids is 3. The maximum Gasteiger partial charge on any atom is 0.283 e. The van der Waals surface area contributed by atoms with Crippen molar-refractivity contribution >= 4 is 40.7 Å². The molecule has 2 aromatic rings. The van der Waals surface area contributed by atoms with Crippen molar-refractivity contribution in [3.8, 4) is 0 Å². The molecule has 1 saturated heterocycles. The SMILES string of the molecule is Cc1ccc(N2C(=O)C(Cl)=C(Nc3cccc(C(=O)N4CCCC4)c3)C2=O)cc1. The van der Waals surface area contributed by atoms with Crippen LogP contribution in [0.3, 0.4) is 0 Å². The Hall–Kier alpha value is -3.12. The molecule has 1 fully saturated rings. The van der Waals surface area contributed by atoms with Gasteiger partial charge in [0, 0.05) is 24.3 Å². The van der Waals surface area contributed by atoms with Crippen LogP contribution in [-0.2, 0) is 9.59 Å². The molecule has 7 heteroatoms. The van der Waals surface area contributed by atoms with Crippen LogP contribution in [-0.4, -0.2) is 35.7 Å². The zero-order valence-electron chi connectivity index (χ0n) is 15.9. The quantitative estimate of drug-likeness (QED) is 0.782. The van der Waals surface area contributed by atoms with Crippen LogP contribution in [0.2, 0.25) is 0 Å². The minimum absolute atomic E-state index is 0.00279. The highest BCUT2D eigenvalue weighted by atomic mass is 35.5. The summed E-state index contributed by atoms with van der Waals surface area (Å²) < 4.78 is 0. The lowest BCUT2D eigenvalue weighted by Gasteiger charge is -2.17. The summed E-state index contributed by atoms with van der Waals surface area (Å²) in [6, 6.07) is 13.9. The Morgan fingerprint density at radius 2 is 1.69 bits per heavy atom. The van der Waals surface area contributed by atoms with Gasteiger partial charge in [-0.05, 0) is 50.1 Å². The number of anilines is 2. The van der Waals surface area contributed by atoms with Crippen molar-refractivity contribution in [1.29, 1.82) is 0 Å². The number of aryl methyl sites for hydroxylation is 1. The van der Waals surface area contributed by atoms with Crippen molar-refractivity contribution in [1.82, 2.24) is 4.90 Å². The average molecular weight is 410 g/mol. The predicted molar refractivity (Wildman–Crippen MR) is 112 cm³/mol. The fourth-order valence-corrected chi connectivity index (χ4v) is 3.73. The lowest BCUT2D eigenvalue weighted by Crippen LogP contribution is -2.32. The maximum absolute atomic E-state index is 12.9. The molecule has 4 rings (SSSR count). The molecule has 2 aliphatic heterocycles. The number of nitrogens with one attached hydrogen (secondary N) is 1. The number of rotatable bonds is 4. The lowest BCUT2D eigenvalue weighted by molar-refractivity contribution is -0.120. The van der Waals surface area contributed by atoms with Gasteiger partial charge in [-0.2, -0.15) is 0 Å². The summed E-state index contributed by atoms with van der Waals surface area (Å²) >= 11 is 6.19. The first-order chi connectivity index (χ1) is 14.0. The van der Waals surface area contributed by atoms with Crippen LogP contribution in [0.1, 0.15) is 28.8 Å². The molecule has 2 aromatic carbocycles. The number of likely N-dealkylation sites (tertiary alicyclic amines) is 1. The Morgan fingerprint density at radius 1 is 1.00 bits per heavy atom. The van der Waals surface area contributed by atoms with E-state index < -0.39 is 11.8 Å². The number of benzene rings is 2. The minimum atomic E-state index is -0.577. The monoisotopic (exact) mass is 409 g/mol. The number of hydrogen-bond acceptors (Lipinski definition) is 4. The van der Waals surface area contributed by atoms with Gasteiger partial charge in [-0.1, -0.05) is 35.4 Å². The summed E-state index contributed by atoms with van der Waals surface area (Å²) in [5, 5.41) is 2.76. The summed E-state index contributed by atoms with van der Waals surface area (Å²) in [6.45, 7) is 3.43. The molecule has 3 amide bonds. The lowest BCUT2D eigenvalue weighted by atomic mass is 10.1. The molecule has 0 radical (unpaired) electrons. The molecular formula is C22H20ClN3O3. The molecule has 29 heavy (non-hydrogen) atoms. The van der Waals surface area contributed by atoms with E-state index in [1.807, 2.05) is 24.0 Å². The maximum atomic E-state index is 12.9. The molecule has 2 heterocycles. The van der Waals surface area contributed by atoms with Gasteiger partial charge in [0.1, 0.15) is 10.7 Å². The fraction of sp³-hybridized carbons (Fsp3) is 0.227. The van der Waals surface area contributed by atoms with E-state index in [9.17, 15) is 14.4 Å². The van der Waals surface area contributed by atoms with Crippen LogP contribution in [0.5, 0.6) is 0 Å². The van der Waals surface area contributed by atoms with Crippen molar-refractivity contribution in [2.45, 2.75) is 19.8 Å². The molecule has 0 spiro atoms. The van der Waals surface area contributed by atoms with E-state index in [1.54, 1.807) is 36.4 Å². The van der Waals surface area contributed by atoms with Crippen LogP contribution in [0.15, 0.2) is 59.3 Å². The van der Waals surface area contributed by atoms with E-state index in [2.05, 4.69) is 5.32 Å². The first kappa shape index (κ1) is 19.2. The van der Waals surface area contributed by atoms with Crippen LogP contribution < -0.4 is 10.2 Å². The van der Waals surface area contributed by atoms with Gasteiger partial charge in [0.05, 0.1) is 5.69 Å². The van der Waals surface area contributed by atoms with Gasteiger partial charge in [0.2, 0.25) is 0 Å². The number of hydrogen-bond donors (Lipinski definition) is 1. The molecule has 6 nitrogen and oxygen atoms in total. The van der Waals surface area contributed by atoms with Crippen molar-refractivity contribution in [2.75, 3.05) is 23.3 Å². The van der Waals surface area contributed by atoms with Gasteiger partial charge >= 0.3 is 0 Å². The second-order valence-corrected chi connectivity index (χ2v) is 7.55. The van der Waals surface area contributed by atoms with Crippen molar-refractivity contribution in [3.05, 3.63) is 70.4 Å². The summed E-state index contributed by atoms with van der Waals surface area (Å²) in [6.07, 6.45) is 2.02. The van der Waals surface area contributed by atoms with Gasteiger partial charge in [0.25, 0.3) is 17.7 Å². The first-order valence-corrected chi connectivity index (χ1v) is 9.85. The van der Waals surface area contributed by atoms with Crippen molar-refractivity contribution in [3.63, 3.8) is 0 Å². The third-order valence-corrected chi connectivity index (χ3v) is 5.44. The smallest absolute Gasteiger partial charge is 0.283 e. The van der Waals surface area contributed by atoms with Gasteiger partial charge in [-0.15, -0.1) is 0 Å². The summed E-state index contributed by atoms with van der Waals surface area (Å²) in [5.41, 5.74) is 2.53. The van der Waals surface area contributed by atoms with Gasteiger partial charge in [-0.3, -0.25) is 14.4 Å². The Balaban J connectivity index is 1.57. The number of imide groups is 1. The second kappa shape index (κ2) is 7.72. The number of nitrogens with zero attached hydrogens (tertiary/aromatic N) is 2. The highest BCUT2D eigenvalue weighted by Gasteiger charge is 2.39. The number of carbonyl (C=O) groups is 3. The molecule has 0 unspecified atom stereocenters. The third-order valence-electron chi connectivity index (χ3n) is 5.09. The standard InChI is InChI=1S/C22H20ClN3O3/c1-14-7-9-17(10-8-14)26-21(28)18(23)19(22(26)29)24-16-6-4-5-15(13-16)20(27)25-11-2-3-12-25/h4-10,13,24H,2-3,11-12H2,1H3. The summed E-state index contributed by atoms with van der Waals surface area (Å²) in [7, 11) is 0. The molecule has 2 aliphatic rings. The van der Waals surface area contributed by atoms with E-state index in [1.165, 1.54) is 0 Å². The summed E-state index contributed by atoms with van der Waals surface area (Å²) in [5.74, 6) is -1.14. The minimum Gasteiger partial charge on any atom is -0.350 e. The number of amides is 3. The van der Waals surface area contributed by atoms with E-state index in [0.29, 0.717) is 16.9 Å². The molecule has 0 saturated carbocycles. The average Bonchev–Trinajstić information content (AvgIpc) is 3.33. The van der Waals surface area contributed by atoms with Gasteiger partial charge < -0.3 is 10.2 Å². The van der Waals surface area contributed by atoms with Crippen LogP contribution in [0.25, 0.3) is 0 Å². The first-order valence-electron chi connectivity index (χ1n) is 9.47. The zero-order chi connectivity index (χ0) is 20.5. The van der Waals surface area contributed by atoms with E-state index in [4.69, 9.17) is 11.6 Å². The molecule has 0 aliphatic carbocycles. The van der Waals surface area contributed by atoms with E-state index in [0.717, 1.165) is 36.4 Å². The topological polar surface area (TPSA) is 69.7 Å². The van der Waals surface area contributed by atoms with Gasteiger partial charge in [-0.25, -0.2) is 4.90 Å². The highest BCUT2D eigenvalue weighted by Crippen LogP contribution is 2.30. The molecule has 0 atom stereocenters. The van der Waals surface area contributed by atoms with Crippen LogP contribution in [0, 0.1) is 6.92 Å². The second-order valence-electron chi connectivity index (χ2n) is 7.18. The highest BCUT2D eigenvalue weighted by molar-refractivity contribution is 6.53. The fourth-order valence-electron chi connectivity index (χ4n) is 3.52. The zero-order valence-corrected chi connectivity index (χ0v) is 16.7. The molecule has 0 bridgehead atoms. The molecule has 1 N–H and O–H groups in total. The van der Waals surface area contributed by atoms with Crippen LogP contribution >= 0.6 is 11.6 Å². The Labute approximate surface area is 173 Å². The Morgan fingerprint density at radius 3 is 2.38 bits per heavy atom. The molecule has 0 aromatic heterocycles. The van der Waals surface area contributed by atoms with Gasteiger partial charge in [0.15, 0.2) is 0 Å². The molecular weight excluding hydrogens is 390 g/mol. The van der Waals surface area contributed by atoms with E-state index in [-0.39, 0.29) is 16.6 Å². The third kappa shape index (κ3) is 3.63. The van der Waals surface area contributed by atoms with Crippen LogP contribution in [0.4, 0.5) is 11.4 Å². The summed E-state index contributed by atoms with van der Waals surface area (Å²) in [4.78, 5) is 40.9. The van der Waals surface area contributed by atoms with E-state index >= 15 is 0 Å². The Kier molecular flexibility index (Phi) is 5.11. The molecule has 148 valence electrons. The Bertz CT molecular complexity index is 1020. The normalized spacial score (nSPS) is 16.8. The van der Waals surface area contributed by atoms with Crippen molar-refractivity contribution in [2.24, 2.45) is 0 Å². The predicted octanol–water partition coefficient (Wildman–Crippen LogP) is 3.67. The number of halogens is 1. The largest absolute Gasteiger partial charge is 0.350 e. The van der Waals surface area contributed by atoms with Crippen molar-refractivity contribution < 1.29 is 14.4 Å².